The van der Waals surface area contributed by atoms with Crippen LogP contribution >= 0.6 is 23.5 Å². The lowest BCUT2D eigenvalue weighted by Gasteiger charge is -2.29. The average Bonchev–Trinajstić information content (AvgIpc) is 3.14. The molecule has 2 amide bonds. The average molecular weight is 318 g/mol. The van der Waals surface area contributed by atoms with Crippen molar-refractivity contribution < 1.29 is 14.7 Å². The third-order valence-corrected chi connectivity index (χ3v) is 6.13. The Morgan fingerprint density at radius 1 is 1.50 bits per heavy atom. The van der Waals surface area contributed by atoms with E-state index >= 15 is 0 Å². The number of thioether (sulfide) groups is 2. The molecule has 2 fully saturated rings. The van der Waals surface area contributed by atoms with Gasteiger partial charge in [-0.25, -0.2) is 9.59 Å². The van der Waals surface area contributed by atoms with Gasteiger partial charge in [-0.05, 0) is 31.4 Å². The first-order valence-corrected chi connectivity index (χ1v) is 9.26. The second-order valence-electron chi connectivity index (χ2n) is 5.33. The molecule has 7 heteroatoms. The normalized spacial score (nSPS) is 27.4. The highest BCUT2D eigenvalue weighted by Gasteiger charge is 2.48. The first-order chi connectivity index (χ1) is 9.54. The number of carbonyl (C=O) groups excluding carboxylic acids is 1. The lowest BCUT2D eigenvalue weighted by Crippen LogP contribution is -2.52. The van der Waals surface area contributed by atoms with Crippen LogP contribution in [0.3, 0.4) is 0 Å². The summed E-state index contributed by atoms with van der Waals surface area (Å²) in [7, 11) is 0. The van der Waals surface area contributed by atoms with Gasteiger partial charge in [0, 0.05) is 17.5 Å². The van der Waals surface area contributed by atoms with Gasteiger partial charge in [-0.3, -0.25) is 4.90 Å². The van der Waals surface area contributed by atoms with Crippen LogP contribution in [-0.4, -0.2) is 56.7 Å². The number of carboxylic acids is 1. The number of aliphatic carboxylic acids is 1. The summed E-state index contributed by atoms with van der Waals surface area (Å²) in [6, 6.07) is -0.840. The Kier molecular flexibility index (Phi) is 5.49. The fraction of sp³-hybridized carbons (Fsp3) is 0.846. The van der Waals surface area contributed by atoms with Crippen LogP contribution in [0.25, 0.3) is 0 Å². The van der Waals surface area contributed by atoms with E-state index < -0.39 is 12.0 Å². The highest BCUT2D eigenvalue weighted by atomic mass is 32.2. The third-order valence-electron chi connectivity index (χ3n) is 3.52. The van der Waals surface area contributed by atoms with Crippen LogP contribution < -0.4 is 5.32 Å². The van der Waals surface area contributed by atoms with Crippen LogP contribution in [0.1, 0.15) is 26.7 Å². The van der Waals surface area contributed by atoms with Crippen LogP contribution in [0, 0.1) is 5.92 Å². The first-order valence-electron chi connectivity index (χ1n) is 7.05. The summed E-state index contributed by atoms with van der Waals surface area (Å²) in [4.78, 5) is 25.3. The molecule has 1 aliphatic carbocycles. The number of carboxylic acid groups (broad SMARTS) is 1. The van der Waals surface area contributed by atoms with Crippen molar-refractivity contribution in [2.24, 2.45) is 5.92 Å². The van der Waals surface area contributed by atoms with Crippen LogP contribution in [0.15, 0.2) is 0 Å². The maximum Gasteiger partial charge on any atom is 0.327 e. The molecule has 1 aliphatic heterocycles. The maximum atomic E-state index is 12.4. The summed E-state index contributed by atoms with van der Waals surface area (Å²) < 4.78 is 0. The van der Waals surface area contributed by atoms with Crippen molar-refractivity contribution in [2.45, 2.75) is 44.1 Å². The van der Waals surface area contributed by atoms with E-state index in [0.717, 1.165) is 24.3 Å². The zero-order valence-electron chi connectivity index (χ0n) is 11.9. The Balaban J connectivity index is 1.97. The predicted molar refractivity (Wildman–Crippen MR) is 83.2 cm³/mol. The third kappa shape index (κ3) is 3.75. The topological polar surface area (TPSA) is 69.6 Å². The molecule has 20 heavy (non-hydrogen) atoms. The van der Waals surface area contributed by atoms with Crippen LogP contribution in [0.2, 0.25) is 0 Å². The first kappa shape index (κ1) is 15.8. The standard InChI is InChI=1S/C13H22N2O3S2/c1-3-19-6-8(2)14-13(18)15-10(12(16)17)7-20-11(15)9-4-5-9/h8-11H,3-7H2,1-2H3,(H,14,18)(H,16,17). The molecular weight excluding hydrogens is 296 g/mol. The van der Waals surface area contributed by atoms with E-state index in [1.807, 2.05) is 6.92 Å². The van der Waals surface area contributed by atoms with E-state index in [2.05, 4.69) is 12.2 Å². The molecule has 114 valence electrons. The molecule has 2 aliphatic rings. The number of nitrogens with zero attached hydrogens (tertiary/aromatic N) is 1. The minimum absolute atomic E-state index is 0.0436. The highest BCUT2D eigenvalue weighted by molar-refractivity contribution is 8.00. The lowest BCUT2D eigenvalue weighted by molar-refractivity contribution is -0.141. The molecule has 5 nitrogen and oxygen atoms in total. The Bertz CT molecular complexity index is 377. The summed E-state index contributed by atoms with van der Waals surface area (Å²) in [5.41, 5.74) is 0. The van der Waals surface area contributed by atoms with Crippen LogP contribution in [0.5, 0.6) is 0 Å². The van der Waals surface area contributed by atoms with E-state index in [4.69, 9.17) is 0 Å². The van der Waals surface area contributed by atoms with E-state index in [1.165, 1.54) is 0 Å². The highest BCUT2D eigenvalue weighted by Crippen LogP contribution is 2.45. The summed E-state index contributed by atoms with van der Waals surface area (Å²) in [5, 5.41) is 12.3. The number of hydrogen-bond donors (Lipinski definition) is 2. The molecule has 0 bridgehead atoms. The molecule has 2 N–H and O–H groups in total. The number of hydrogen-bond acceptors (Lipinski definition) is 4. The van der Waals surface area contributed by atoms with Gasteiger partial charge in [-0.1, -0.05) is 6.92 Å². The summed E-state index contributed by atoms with van der Waals surface area (Å²) in [5.74, 6) is 1.96. The van der Waals surface area contributed by atoms with Crippen molar-refractivity contribution in [1.82, 2.24) is 10.2 Å². The molecule has 2 rings (SSSR count). The van der Waals surface area contributed by atoms with Gasteiger partial charge < -0.3 is 10.4 Å². The molecule has 0 aromatic rings. The van der Waals surface area contributed by atoms with E-state index in [0.29, 0.717) is 11.7 Å². The monoisotopic (exact) mass is 318 g/mol. The quantitative estimate of drug-likeness (QED) is 0.784. The number of urea groups is 1. The minimum atomic E-state index is -0.897. The lowest BCUT2D eigenvalue weighted by atomic mass is 10.2. The van der Waals surface area contributed by atoms with Crippen molar-refractivity contribution in [3.05, 3.63) is 0 Å². The van der Waals surface area contributed by atoms with E-state index in [9.17, 15) is 14.7 Å². The molecule has 0 spiro atoms. The molecule has 3 atom stereocenters. The minimum Gasteiger partial charge on any atom is -0.480 e. The fourth-order valence-corrected chi connectivity index (χ4v) is 4.64. The van der Waals surface area contributed by atoms with Crippen molar-refractivity contribution in [1.29, 1.82) is 0 Å². The maximum absolute atomic E-state index is 12.4. The Hall–Kier alpha value is -0.560. The van der Waals surface area contributed by atoms with Gasteiger partial charge in [0.05, 0.1) is 5.37 Å². The fourth-order valence-electron chi connectivity index (χ4n) is 2.34. The van der Waals surface area contributed by atoms with Crippen molar-refractivity contribution in [2.75, 3.05) is 17.3 Å². The van der Waals surface area contributed by atoms with Gasteiger partial charge in [0.15, 0.2) is 0 Å². The molecule has 3 unspecified atom stereocenters. The van der Waals surface area contributed by atoms with Gasteiger partial charge in [0.1, 0.15) is 6.04 Å². The molecule has 0 aromatic heterocycles. The SMILES string of the molecule is CCSCC(C)NC(=O)N1C(C(=O)O)CSC1C1CC1. The van der Waals surface area contributed by atoms with Gasteiger partial charge in [0.2, 0.25) is 0 Å². The molecule has 1 heterocycles. The number of amides is 2. The van der Waals surface area contributed by atoms with Crippen molar-refractivity contribution in [3.8, 4) is 0 Å². The zero-order valence-corrected chi connectivity index (χ0v) is 13.5. The van der Waals surface area contributed by atoms with Gasteiger partial charge in [-0.2, -0.15) is 11.8 Å². The summed E-state index contributed by atoms with van der Waals surface area (Å²) in [6.45, 7) is 4.05. The number of rotatable bonds is 6. The van der Waals surface area contributed by atoms with Gasteiger partial charge in [0.25, 0.3) is 0 Å². The Morgan fingerprint density at radius 2 is 2.20 bits per heavy atom. The number of carbonyl (C=O) groups is 2. The molecule has 1 saturated carbocycles. The van der Waals surface area contributed by atoms with E-state index in [1.54, 1.807) is 28.4 Å². The van der Waals surface area contributed by atoms with Crippen LogP contribution in [-0.2, 0) is 4.79 Å². The van der Waals surface area contributed by atoms with Gasteiger partial charge in [-0.15, -0.1) is 11.8 Å². The predicted octanol–water partition coefficient (Wildman–Crippen LogP) is 2.08. The van der Waals surface area contributed by atoms with Crippen LogP contribution in [0.4, 0.5) is 4.79 Å². The molecule has 0 aromatic carbocycles. The number of nitrogens with one attached hydrogen (secondary N) is 1. The van der Waals surface area contributed by atoms with Crippen molar-refractivity contribution >= 4 is 35.5 Å². The van der Waals surface area contributed by atoms with E-state index in [-0.39, 0.29) is 17.4 Å². The second-order valence-corrected chi connectivity index (χ2v) is 7.80. The molecule has 0 radical (unpaired) electrons. The second kappa shape index (κ2) is 6.93. The molecule has 1 saturated heterocycles. The Morgan fingerprint density at radius 3 is 2.75 bits per heavy atom. The largest absolute Gasteiger partial charge is 0.480 e. The zero-order chi connectivity index (χ0) is 14.7. The summed E-state index contributed by atoms with van der Waals surface area (Å²) in [6.07, 6.45) is 2.21. The Labute approximate surface area is 128 Å². The smallest absolute Gasteiger partial charge is 0.327 e. The molecular formula is C13H22N2O3S2. The van der Waals surface area contributed by atoms with Crippen molar-refractivity contribution in [3.63, 3.8) is 0 Å². The van der Waals surface area contributed by atoms with Gasteiger partial charge >= 0.3 is 12.0 Å². The summed E-state index contributed by atoms with van der Waals surface area (Å²) >= 11 is 3.38.